The number of fused-ring (bicyclic) bond motifs is 2. The third kappa shape index (κ3) is 14.6. The molecule has 0 spiro atoms. The number of aryl methyl sites for hydroxylation is 1. The monoisotopic (exact) mass is 605 g/mol. The lowest BCUT2D eigenvalue weighted by atomic mass is 10.1. The Balaban J connectivity index is 2.29. The van der Waals surface area contributed by atoms with Gasteiger partial charge in [0.2, 0.25) is 10.9 Å². The first-order valence-electron chi connectivity index (χ1n) is 13.7. The average Bonchev–Trinajstić information content (AvgIpc) is 3.31. The third-order valence-electron chi connectivity index (χ3n) is 6.09. The lowest BCUT2D eigenvalue weighted by molar-refractivity contribution is -0.150. The zero-order valence-corrected chi connectivity index (χ0v) is 26.5. The Morgan fingerprint density at radius 2 is 1.90 bits per heavy atom. The molecule has 1 aromatic rings. The van der Waals surface area contributed by atoms with Crippen LogP contribution in [0.2, 0.25) is 0 Å². The van der Waals surface area contributed by atoms with E-state index in [9.17, 15) is 18.0 Å². The SMILES string of the molecule is CC(/C=C/C(C)=C/C1Cc2nc(cs2)CCCC(N[SH](=O)=O)C(=O)OC(C)C/C(C)=C/C=C\C(=O)O1)=C\CN(C)C. The van der Waals surface area contributed by atoms with Gasteiger partial charge in [0.15, 0.2) is 0 Å². The number of nitrogens with zero attached hydrogens (tertiary/aromatic N) is 2. The minimum absolute atomic E-state index is 0.288. The van der Waals surface area contributed by atoms with Crippen molar-refractivity contribution in [3.05, 3.63) is 75.3 Å². The maximum atomic E-state index is 12.7. The van der Waals surface area contributed by atoms with Crippen LogP contribution in [-0.4, -0.2) is 69.1 Å². The number of hydrogen-bond acceptors (Lipinski definition) is 9. The van der Waals surface area contributed by atoms with Crippen molar-refractivity contribution in [2.24, 2.45) is 0 Å². The fourth-order valence-electron chi connectivity index (χ4n) is 4.04. The molecule has 1 N–H and O–H groups in total. The predicted molar refractivity (Wildman–Crippen MR) is 164 cm³/mol. The summed E-state index contributed by atoms with van der Waals surface area (Å²) < 4.78 is 36.2. The molecule has 1 aromatic heterocycles. The normalized spacial score (nSPS) is 24.8. The summed E-state index contributed by atoms with van der Waals surface area (Å²) in [6.07, 6.45) is 14.1. The van der Waals surface area contributed by atoms with Gasteiger partial charge in [-0.15, -0.1) is 11.3 Å². The minimum Gasteiger partial charge on any atom is -0.461 e. The molecule has 2 bridgehead atoms. The number of rotatable bonds is 7. The molecule has 9 nitrogen and oxygen atoms in total. The fourth-order valence-corrected chi connectivity index (χ4v) is 5.41. The lowest BCUT2D eigenvalue weighted by Gasteiger charge is -2.18. The smallest absolute Gasteiger partial charge is 0.331 e. The molecule has 3 atom stereocenters. The first-order valence-corrected chi connectivity index (χ1v) is 15.7. The van der Waals surface area contributed by atoms with Crippen molar-refractivity contribution in [2.45, 2.75) is 78.0 Å². The summed E-state index contributed by atoms with van der Waals surface area (Å²) in [6, 6.07) is -0.958. The summed E-state index contributed by atoms with van der Waals surface area (Å²) in [7, 11) is 1.08. The van der Waals surface area contributed by atoms with Crippen molar-refractivity contribution in [1.82, 2.24) is 14.6 Å². The van der Waals surface area contributed by atoms with Gasteiger partial charge in [-0.25, -0.2) is 22.9 Å². The number of aromatic nitrogens is 1. The summed E-state index contributed by atoms with van der Waals surface area (Å²) in [5.41, 5.74) is 3.82. The molecule has 41 heavy (non-hydrogen) atoms. The molecular formula is C30H43N3O6S2. The molecule has 0 amide bonds. The Labute approximate surface area is 249 Å². The number of likely N-dealkylation sites (N-methyl/N-ethyl adjacent to an activating group) is 1. The highest BCUT2D eigenvalue weighted by Gasteiger charge is 2.23. The van der Waals surface area contributed by atoms with Crippen LogP contribution in [0.3, 0.4) is 0 Å². The fraction of sp³-hybridized carbons (Fsp3) is 0.500. The molecular weight excluding hydrogens is 562 g/mol. The van der Waals surface area contributed by atoms with E-state index in [2.05, 4.69) is 15.7 Å². The summed E-state index contributed by atoms with van der Waals surface area (Å²) in [6.45, 7) is 8.48. The zero-order valence-electron chi connectivity index (χ0n) is 24.8. The van der Waals surface area contributed by atoms with Gasteiger partial charge in [0.25, 0.3) is 0 Å². The first kappa shape index (κ1) is 34.3. The molecule has 226 valence electrons. The van der Waals surface area contributed by atoms with E-state index in [0.29, 0.717) is 25.7 Å². The van der Waals surface area contributed by atoms with Crippen molar-refractivity contribution in [1.29, 1.82) is 0 Å². The van der Waals surface area contributed by atoms with Crippen LogP contribution in [0.4, 0.5) is 0 Å². The molecule has 0 saturated heterocycles. The van der Waals surface area contributed by atoms with Gasteiger partial charge in [0, 0.05) is 30.8 Å². The van der Waals surface area contributed by atoms with Gasteiger partial charge >= 0.3 is 11.9 Å². The molecule has 1 aliphatic heterocycles. The highest BCUT2D eigenvalue weighted by atomic mass is 32.2. The molecule has 11 heteroatoms. The number of thiazole rings is 1. The van der Waals surface area contributed by atoms with Crippen LogP contribution in [0, 0.1) is 0 Å². The molecule has 0 saturated carbocycles. The minimum atomic E-state index is -2.96. The predicted octanol–water partition coefficient (Wildman–Crippen LogP) is 4.25. The van der Waals surface area contributed by atoms with Gasteiger partial charge < -0.3 is 14.4 Å². The van der Waals surface area contributed by atoms with E-state index in [4.69, 9.17) is 14.5 Å². The van der Waals surface area contributed by atoms with Gasteiger partial charge in [-0.1, -0.05) is 47.1 Å². The van der Waals surface area contributed by atoms with Crippen LogP contribution in [0.5, 0.6) is 0 Å². The third-order valence-corrected chi connectivity index (χ3v) is 7.53. The van der Waals surface area contributed by atoms with Crippen LogP contribution < -0.4 is 4.72 Å². The topological polar surface area (TPSA) is 115 Å². The molecule has 0 aliphatic carbocycles. The molecule has 0 radical (unpaired) electrons. The molecule has 2 heterocycles. The number of ether oxygens (including phenoxy) is 2. The maximum absolute atomic E-state index is 12.7. The Bertz CT molecular complexity index is 1250. The van der Waals surface area contributed by atoms with E-state index in [-0.39, 0.29) is 6.42 Å². The number of cyclic esters (lactones) is 2. The van der Waals surface area contributed by atoms with Gasteiger partial charge in [0.05, 0.1) is 10.7 Å². The standard InChI is InChI=1S/C30H43N3O6S2/c1-21(15-16-33(5)6)13-14-23(3)18-26-19-28-31-25(20-40-28)10-8-11-27(32-41(36)37)30(35)38-24(4)17-22(2)9-7-12-29(34)39-26/h7,9,12-15,18,20,24,26-27,41H,8,10-11,16-17,19H2,1-6H3,(H,32,36,37)/b12-7-,14-13+,21-15+,22-9+,23-18+. The highest BCUT2D eigenvalue weighted by Crippen LogP contribution is 2.18. The largest absolute Gasteiger partial charge is 0.461 e. The van der Waals surface area contributed by atoms with Gasteiger partial charge in [-0.05, 0) is 67.1 Å². The summed E-state index contributed by atoms with van der Waals surface area (Å²) >= 11 is 1.48. The average molecular weight is 606 g/mol. The lowest BCUT2D eigenvalue weighted by Crippen LogP contribution is -2.38. The van der Waals surface area contributed by atoms with E-state index < -0.39 is 41.1 Å². The Morgan fingerprint density at radius 1 is 1.17 bits per heavy atom. The molecule has 0 fully saturated rings. The summed E-state index contributed by atoms with van der Waals surface area (Å²) in [4.78, 5) is 32.1. The summed E-state index contributed by atoms with van der Waals surface area (Å²) in [5.74, 6) is -1.08. The Hall–Kier alpha value is -2.86. The van der Waals surface area contributed by atoms with Crippen molar-refractivity contribution >= 4 is 34.2 Å². The van der Waals surface area contributed by atoms with Crippen molar-refractivity contribution < 1.29 is 27.5 Å². The number of nitrogens with one attached hydrogen (secondary N) is 1. The second-order valence-electron chi connectivity index (χ2n) is 10.5. The second kappa shape index (κ2) is 17.8. The van der Waals surface area contributed by atoms with Crippen LogP contribution >= 0.6 is 11.3 Å². The van der Waals surface area contributed by atoms with Crippen LogP contribution in [0.1, 0.15) is 57.7 Å². The van der Waals surface area contributed by atoms with Crippen LogP contribution in [0.15, 0.2) is 64.6 Å². The number of thiol groups is 1. The van der Waals surface area contributed by atoms with Crippen molar-refractivity contribution in [3.63, 3.8) is 0 Å². The maximum Gasteiger partial charge on any atom is 0.331 e. The van der Waals surface area contributed by atoms with E-state index in [1.807, 2.05) is 58.5 Å². The summed E-state index contributed by atoms with van der Waals surface area (Å²) in [5, 5.41) is 2.75. The van der Waals surface area contributed by atoms with E-state index >= 15 is 0 Å². The highest BCUT2D eigenvalue weighted by molar-refractivity contribution is 7.70. The number of carbonyl (C=O) groups is 2. The molecule has 2 rings (SSSR count). The van der Waals surface area contributed by atoms with E-state index in [1.54, 1.807) is 19.1 Å². The Kier molecular flexibility index (Phi) is 14.9. The first-order chi connectivity index (χ1) is 19.4. The van der Waals surface area contributed by atoms with Crippen LogP contribution in [0.25, 0.3) is 0 Å². The number of allylic oxidation sites excluding steroid dienone is 6. The zero-order chi connectivity index (χ0) is 30.4. The van der Waals surface area contributed by atoms with E-state index in [1.165, 1.54) is 17.4 Å². The Morgan fingerprint density at radius 3 is 2.61 bits per heavy atom. The van der Waals surface area contributed by atoms with Gasteiger partial charge in [-0.3, -0.25) is 4.79 Å². The number of hydrogen-bond donors (Lipinski definition) is 2. The second-order valence-corrected chi connectivity index (χ2v) is 12.2. The van der Waals surface area contributed by atoms with Crippen molar-refractivity contribution in [3.8, 4) is 0 Å². The van der Waals surface area contributed by atoms with Gasteiger partial charge in [-0.2, -0.15) is 0 Å². The van der Waals surface area contributed by atoms with Crippen molar-refractivity contribution in [2.75, 3.05) is 20.6 Å². The number of carbonyl (C=O) groups excluding carboxylic acids is 2. The molecule has 1 aliphatic rings. The van der Waals surface area contributed by atoms with E-state index in [0.717, 1.165) is 34.0 Å². The van der Waals surface area contributed by atoms with Crippen LogP contribution in [-0.2, 0) is 42.8 Å². The quantitative estimate of drug-likeness (QED) is 0.269. The number of esters is 2. The molecule has 0 aromatic carbocycles. The van der Waals surface area contributed by atoms with Gasteiger partial charge in [0.1, 0.15) is 18.2 Å². The molecule has 3 unspecified atom stereocenters.